The minimum absolute atomic E-state index is 0.00104. The van der Waals surface area contributed by atoms with Crippen molar-refractivity contribution in [3.8, 4) is 0 Å². The molecule has 0 radical (unpaired) electrons. The fourth-order valence-corrected chi connectivity index (χ4v) is 5.32. The van der Waals surface area contributed by atoms with E-state index in [0.717, 1.165) is 47.0 Å². The van der Waals surface area contributed by atoms with Gasteiger partial charge >= 0.3 is 0 Å². The van der Waals surface area contributed by atoms with Gasteiger partial charge in [-0.3, -0.25) is 4.79 Å². The number of allylic oxidation sites excluding steroid dienone is 2. The minimum Gasteiger partial charge on any atom is -0.461 e. The molecule has 0 amide bonds. The predicted molar refractivity (Wildman–Crippen MR) is 96.2 cm³/mol. The highest BCUT2D eigenvalue weighted by Crippen LogP contribution is 2.42. The highest BCUT2D eigenvalue weighted by Gasteiger charge is 2.28. The molecule has 0 atom stereocenters. The summed E-state index contributed by atoms with van der Waals surface area (Å²) in [5.41, 5.74) is 1.92. The molecule has 1 saturated heterocycles. The SMILES string of the molecule is CC(C)(C)c1ccc(/C=C2\CCC(=C3SCCCS3)C2=O)o1. The second-order valence-electron chi connectivity index (χ2n) is 6.77. The number of Topliss-reactive ketones (excluding diaryl/α,β-unsaturated/α-hetero) is 1. The maximum atomic E-state index is 12.6. The van der Waals surface area contributed by atoms with Crippen LogP contribution in [0.15, 0.2) is 31.9 Å². The molecule has 1 saturated carbocycles. The zero-order valence-corrected chi connectivity index (χ0v) is 15.0. The maximum Gasteiger partial charge on any atom is 0.186 e. The van der Waals surface area contributed by atoms with E-state index in [4.69, 9.17) is 4.42 Å². The highest BCUT2D eigenvalue weighted by molar-refractivity contribution is 8.22. The summed E-state index contributed by atoms with van der Waals surface area (Å²) in [6.45, 7) is 6.39. The largest absolute Gasteiger partial charge is 0.461 e. The summed E-state index contributed by atoms with van der Waals surface area (Å²) in [5.74, 6) is 4.27. The van der Waals surface area contributed by atoms with Gasteiger partial charge in [0.05, 0.1) is 0 Å². The molecule has 2 heterocycles. The molecule has 118 valence electrons. The maximum absolute atomic E-state index is 12.6. The van der Waals surface area contributed by atoms with Crippen LogP contribution in [0, 0.1) is 0 Å². The Kier molecular flexibility index (Phi) is 4.60. The third-order valence-electron chi connectivity index (χ3n) is 3.89. The Morgan fingerprint density at radius 1 is 1.14 bits per heavy atom. The first kappa shape index (κ1) is 16.0. The molecule has 0 unspecified atom stereocenters. The van der Waals surface area contributed by atoms with Gasteiger partial charge in [0.1, 0.15) is 11.5 Å². The van der Waals surface area contributed by atoms with E-state index in [2.05, 4.69) is 20.8 Å². The Morgan fingerprint density at radius 3 is 2.50 bits per heavy atom. The van der Waals surface area contributed by atoms with Gasteiger partial charge < -0.3 is 4.42 Å². The predicted octanol–water partition coefficient (Wildman–Crippen LogP) is 5.41. The molecule has 4 heteroatoms. The van der Waals surface area contributed by atoms with E-state index in [9.17, 15) is 4.79 Å². The van der Waals surface area contributed by atoms with E-state index >= 15 is 0 Å². The second-order valence-corrected chi connectivity index (χ2v) is 9.24. The molecular formula is C18H22O2S2. The van der Waals surface area contributed by atoms with Crippen molar-refractivity contribution in [1.82, 2.24) is 0 Å². The van der Waals surface area contributed by atoms with E-state index in [1.165, 1.54) is 10.7 Å². The van der Waals surface area contributed by atoms with Crippen LogP contribution in [-0.2, 0) is 10.2 Å². The Balaban J connectivity index is 1.81. The van der Waals surface area contributed by atoms with Crippen LogP contribution in [0.4, 0.5) is 0 Å². The average molecular weight is 335 g/mol. The molecule has 0 aromatic carbocycles. The van der Waals surface area contributed by atoms with Crippen molar-refractivity contribution >= 4 is 35.4 Å². The molecule has 0 N–H and O–H groups in total. The number of ketones is 1. The van der Waals surface area contributed by atoms with Crippen LogP contribution in [0.3, 0.4) is 0 Å². The molecule has 1 aromatic rings. The van der Waals surface area contributed by atoms with Crippen LogP contribution in [-0.4, -0.2) is 17.3 Å². The Hall–Kier alpha value is -0.870. The molecule has 2 nitrogen and oxygen atoms in total. The Morgan fingerprint density at radius 2 is 1.86 bits per heavy atom. The first-order valence-corrected chi connectivity index (χ1v) is 9.76. The number of thioether (sulfide) groups is 2. The third-order valence-corrected chi connectivity index (χ3v) is 6.60. The lowest BCUT2D eigenvalue weighted by Gasteiger charge is -2.14. The van der Waals surface area contributed by atoms with Gasteiger partial charge in [-0.05, 0) is 49.0 Å². The van der Waals surface area contributed by atoms with Gasteiger partial charge in [0.15, 0.2) is 5.78 Å². The molecular weight excluding hydrogens is 312 g/mol. The van der Waals surface area contributed by atoms with Crippen LogP contribution >= 0.6 is 23.5 Å². The number of rotatable bonds is 1. The van der Waals surface area contributed by atoms with Crippen LogP contribution in [0.5, 0.6) is 0 Å². The van der Waals surface area contributed by atoms with Crippen LogP contribution in [0.2, 0.25) is 0 Å². The average Bonchev–Trinajstić information content (AvgIpc) is 3.08. The van der Waals surface area contributed by atoms with Gasteiger partial charge in [-0.25, -0.2) is 0 Å². The quantitative estimate of drug-likeness (QED) is 0.643. The fourth-order valence-electron chi connectivity index (χ4n) is 2.62. The van der Waals surface area contributed by atoms with E-state index < -0.39 is 0 Å². The van der Waals surface area contributed by atoms with E-state index in [1.807, 2.05) is 41.7 Å². The molecule has 3 rings (SSSR count). The molecule has 2 fully saturated rings. The first-order valence-electron chi connectivity index (χ1n) is 7.79. The summed E-state index contributed by atoms with van der Waals surface area (Å²) < 4.78 is 7.14. The number of hydrogen-bond acceptors (Lipinski definition) is 4. The number of hydrogen-bond donors (Lipinski definition) is 0. The molecule has 2 aliphatic rings. The lowest BCUT2D eigenvalue weighted by molar-refractivity contribution is -0.111. The van der Waals surface area contributed by atoms with Crippen molar-refractivity contribution in [2.45, 2.75) is 45.4 Å². The topological polar surface area (TPSA) is 30.2 Å². The number of carbonyl (C=O) groups excluding carboxylic acids is 1. The van der Waals surface area contributed by atoms with E-state index in [0.29, 0.717) is 0 Å². The lowest BCUT2D eigenvalue weighted by atomic mass is 9.94. The van der Waals surface area contributed by atoms with Crippen molar-refractivity contribution in [3.05, 3.63) is 39.0 Å². The Labute approximate surface area is 140 Å². The lowest BCUT2D eigenvalue weighted by Crippen LogP contribution is -2.08. The molecule has 0 spiro atoms. The van der Waals surface area contributed by atoms with Crippen molar-refractivity contribution in [2.75, 3.05) is 11.5 Å². The normalized spacial score (nSPS) is 22.0. The standard InChI is InChI=1S/C18H22O2S2/c1-18(2,3)15-8-6-13(20-15)11-12-5-7-14(16(12)19)17-21-9-4-10-22-17/h6,8,11H,4-5,7,9-10H2,1-3H3/b12-11+. The molecule has 1 aromatic heterocycles. The minimum atomic E-state index is -0.00104. The van der Waals surface area contributed by atoms with Gasteiger partial charge in [0.25, 0.3) is 0 Å². The third kappa shape index (κ3) is 3.38. The van der Waals surface area contributed by atoms with Gasteiger partial charge in [0.2, 0.25) is 0 Å². The molecule has 22 heavy (non-hydrogen) atoms. The molecule has 0 bridgehead atoms. The van der Waals surface area contributed by atoms with Crippen LogP contribution in [0.25, 0.3) is 6.08 Å². The smallest absolute Gasteiger partial charge is 0.186 e. The number of furan rings is 1. The molecule has 1 aliphatic carbocycles. The number of carbonyl (C=O) groups is 1. The van der Waals surface area contributed by atoms with Crippen molar-refractivity contribution in [2.24, 2.45) is 0 Å². The second kappa shape index (κ2) is 6.32. The molecule has 1 aliphatic heterocycles. The van der Waals surface area contributed by atoms with Crippen molar-refractivity contribution in [1.29, 1.82) is 0 Å². The zero-order valence-electron chi connectivity index (χ0n) is 13.4. The Bertz CT molecular complexity index is 636. The van der Waals surface area contributed by atoms with Gasteiger partial charge in [0, 0.05) is 20.8 Å². The summed E-state index contributed by atoms with van der Waals surface area (Å²) in [6, 6.07) is 3.98. The van der Waals surface area contributed by atoms with Crippen LogP contribution < -0.4 is 0 Å². The van der Waals surface area contributed by atoms with Gasteiger partial charge in [-0.15, -0.1) is 23.5 Å². The summed E-state index contributed by atoms with van der Waals surface area (Å²) >= 11 is 3.70. The highest BCUT2D eigenvalue weighted by atomic mass is 32.2. The summed E-state index contributed by atoms with van der Waals surface area (Å²) in [5, 5.41) is 0. The zero-order chi connectivity index (χ0) is 15.7. The summed E-state index contributed by atoms with van der Waals surface area (Å²) in [6.07, 6.45) is 4.89. The van der Waals surface area contributed by atoms with E-state index in [-0.39, 0.29) is 11.2 Å². The summed E-state index contributed by atoms with van der Waals surface area (Å²) in [4.78, 5) is 12.6. The van der Waals surface area contributed by atoms with Gasteiger partial charge in [-0.1, -0.05) is 20.8 Å². The van der Waals surface area contributed by atoms with Crippen molar-refractivity contribution in [3.63, 3.8) is 0 Å². The first-order chi connectivity index (χ1) is 10.4. The van der Waals surface area contributed by atoms with Crippen molar-refractivity contribution < 1.29 is 9.21 Å². The van der Waals surface area contributed by atoms with Gasteiger partial charge in [-0.2, -0.15) is 0 Å². The van der Waals surface area contributed by atoms with Crippen LogP contribution in [0.1, 0.15) is 51.6 Å². The monoisotopic (exact) mass is 334 g/mol. The fraction of sp³-hybridized carbons (Fsp3) is 0.500. The van der Waals surface area contributed by atoms with E-state index in [1.54, 1.807) is 0 Å². The summed E-state index contributed by atoms with van der Waals surface area (Å²) in [7, 11) is 0.